The first kappa shape index (κ1) is 22.9. The second-order valence-electron chi connectivity index (χ2n) is 8.05. The van der Waals surface area contributed by atoms with E-state index in [9.17, 15) is 4.79 Å². The van der Waals surface area contributed by atoms with Crippen LogP contribution < -0.4 is 4.90 Å². The van der Waals surface area contributed by atoms with Gasteiger partial charge in [0.15, 0.2) is 5.13 Å². The summed E-state index contributed by atoms with van der Waals surface area (Å²) in [7, 11) is 0. The number of amides is 1. The second kappa shape index (κ2) is 10.6. The molecule has 0 radical (unpaired) electrons. The van der Waals surface area contributed by atoms with Gasteiger partial charge in [-0.1, -0.05) is 41.1 Å². The van der Waals surface area contributed by atoms with Gasteiger partial charge in [-0.05, 0) is 61.2 Å². The smallest absolute Gasteiger partial charge is 0.252 e. The molecule has 1 amide bonds. The highest BCUT2D eigenvalue weighted by molar-refractivity contribution is 7.22. The molecule has 168 valence electrons. The standard InChI is InChI=1S/C25H28ClN3O2S/c1-18-16-22-23(17-19(18)2)32-25(27-22)29(11-5-10-28-12-14-31-15-13-28)24(30)9-8-20-6-3-4-7-21(20)26/h3-4,6-9,16-17H,5,10-15H2,1-2H3/b9-8+. The molecule has 1 aromatic heterocycles. The van der Waals surface area contributed by atoms with Crippen LogP contribution >= 0.6 is 22.9 Å². The highest BCUT2D eigenvalue weighted by atomic mass is 35.5. The summed E-state index contributed by atoms with van der Waals surface area (Å²) < 4.78 is 6.54. The monoisotopic (exact) mass is 469 g/mol. The van der Waals surface area contributed by atoms with Crippen molar-refractivity contribution in [1.82, 2.24) is 9.88 Å². The molecule has 1 fully saturated rings. The van der Waals surface area contributed by atoms with Crippen LogP contribution in [0.2, 0.25) is 5.02 Å². The van der Waals surface area contributed by atoms with Gasteiger partial charge in [-0.3, -0.25) is 14.6 Å². The van der Waals surface area contributed by atoms with Crippen LogP contribution in [0.3, 0.4) is 0 Å². The van der Waals surface area contributed by atoms with Crippen LogP contribution in [0.1, 0.15) is 23.1 Å². The maximum Gasteiger partial charge on any atom is 0.252 e. The third-order valence-corrected chi connectivity index (χ3v) is 7.15. The third kappa shape index (κ3) is 5.56. The largest absolute Gasteiger partial charge is 0.379 e. The van der Waals surface area contributed by atoms with Crippen molar-refractivity contribution in [2.75, 3.05) is 44.3 Å². The van der Waals surface area contributed by atoms with Crippen molar-refractivity contribution in [3.05, 3.63) is 64.2 Å². The zero-order valence-corrected chi connectivity index (χ0v) is 20.1. The van der Waals surface area contributed by atoms with Gasteiger partial charge in [-0.2, -0.15) is 0 Å². The Balaban J connectivity index is 1.55. The number of rotatable bonds is 7. The minimum atomic E-state index is -0.0839. The lowest BCUT2D eigenvalue weighted by molar-refractivity contribution is -0.114. The first-order chi connectivity index (χ1) is 15.5. The summed E-state index contributed by atoms with van der Waals surface area (Å²) in [5, 5.41) is 1.36. The van der Waals surface area contributed by atoms with E-state index >= 15 is 0 Å². The number of thiazole rings is 1. The number of hydrogen-bond donors (Lipinski definition) is 0. The van der Waals surface area contributed by atoms with Crippen LogP contribution in [0.15, 0.2) is 42.5 Å². The Morgan fingerprint density at radius 2 is 1.97 bits per heavy atom. The van der Waals surface area contributed by atoms with Crippen molar-refractivity contribution in [2.45, 2.75) is 20.3 Å². The molecule has 0 atom stereocenters. The summed E-state index contributed by atoms with van der Waals surface area (Å²) >= 11 is 7.82. The SMILES string of the molecule is Cc1cc2nc(N(CCCN3CCOCC3)C(=O)/C=C/c3ccccc3Cl)sc2cc1C. The van der Waals surface area contributed by atoms with Gasteiger partial charge in [0.25, 0.3) is 5.91 Å². The molecule has 7 heteroatoms. The number of benzene rings is 2. The van der Waals surface area contributed by atoms with Crippen molar-refractivity contribution < 1.29 is 9.53 Å². The molecule has 1 aliphatic rings. The number of nitrogens with zero attached hydrogens (tertiary/aromatic N) is 3. The van der Waals surface area contributed by atoms with E-state index < -0.39 is 0 Å². The molecule has 0 unspecified atom stereocenters. The lowest BCUT2D eigenvalue weighted by Gasteiger charge is -2.27. The summed E-state index contributed by atoms with van der Waals surface area (Å²) in [5.74, 6) is -0.0839. The third-order valence-electron chi connectivity index (χ3n) is 5.76. The van der Waals surface area contributed by atoms with Gasteiger partial charge in [0.05, 0.1) is 23.4 Å². The molecule has 0 spiro atoms. The Labute approximate surface area is 198 Å². The molecule has 4 rings (SSSR count). The van der Waals surface area contributed by atoms with Crippen LogP contribution in [0.4, 0.5) is 5.13 Å². The molecule has 5 nitrogen and oxygen atoms in total. The Morgan fingerprint density at radius 3 is 2.75 bits per heavy atom. The lowest BCUT2D eigenvalue weighted by Crippen LogP contribution is -2.39. The number of aromatic nitrogens is 1. The second-order valence-corrected chi connectivity index (χ2v) is 9.47. The van der Waals surface area contributed by atoms with Gasteiger partial charge < -0.3 is 4.74 Å². The molecule has 2 aromatic carbocycles. The van der Waals surface area contributed by atoms with E-state index in [1.54, 1.807) is 28.4 Å². The van der Waals surface area contributed by atoms with Crippen molar-refractivity contribution in [3.63, 3.8) is 0 Å². The minimum absolute atomic E-state index is 0.0839. The molecule has 2 heterocycles. The molecule has 0 bridgehead atoms. The van der Waals surface area contributed by atoms with E-state index in [1.165, 1.54) is 11.1 Å². The first-order valence-electron chi connectivity index (χ1n) is 10.9. The molecule has 0 saturated carbocycles. The molecule has 1 aliphatic heterocycles. The number of fused-ring (bicyclic) bond motifs is 1. The number of morpholine rings is 1. The van der Waals surface area contributed by atoms with Crippen LogP contribution in [0.5, 0.6) is 0 Å². The Morgan fingerprint density at radius 1 is 1.22 bits per heavy atom. The predicted octanol–water partition coefficient (Wildman–Crippen LogP) is 5.34. The molecule has 0 N–H and O–H groups in total. The van der Waals surface area contributed by atoms with E-state index in [1.807, 2.05) is 24.3 Å². The average Bonchev–Trinajstić information content (AvgIpc) is 3.19. The van der Waals surface area contributed by atoms with Gasteiger partial charge in [0, 0.05) is 37.3 Å². The average molecular weight is 470 g/mol. The van der Waals surface area contributed by atoms with E-state index in [0.717, 1.165) is 60.2 Å². The van der Waals surface area contributed by atoms with Gasteiger partial charge in [0.1, 0.15) is 0 Å². The Kier molecular flexibility index (Phi) is 7.58. The van der Waals surface area contributed by atoms with Gasteiger partial charge in [-0.15, -0.1) is 0 Å². The summed E-state index contributed by atoms with van der Waals surface area (Å²) in [6.45, 7) is 9.18. The first-order valence-corrected chi connectivity index (χ1v) is 12.1. The number of carbonyl (C=O) groups excluding carboxylic acids is 1. The van der Waals surface area contributed by atoms with E-state index in [-0.39, 0.29) is 5.91 Å². The van der Waals surface area contributed by atoms with E-state index in [2.05, 4.69) is 30.9 Å². The summed E-state index contributed by atoms with van der Waals surface area (Å²) in [5.41, 5.74) is 4.20. The highest BCUT2D eigenvalue weighted by Gasteiger charge is 2.19. The summed E-state index contributed by atoms with van der Waals surface area (Å²) in [4.78, 5) is 22.2. The maximum absolute atomic E-state index is 13.3. The molecular formula is C25H28ClN3O2S. The van der Waals surface area contributed by atoms with Gasteiger partial charge in [0.2, 0.25) is 0 Å². The summed E-state index contributed by atoms with van der Waals surface area (Å²) in [6.07, 6.45) is 4.25. The molecule has 3 aromatic rings. The molecule has 1 saturated heterocycles. The predicted molar refractivity (Wildman–Crippen MR) is 134 cm³/mol. The van der Waals surface area contributed by atoms with Crippen molar-refractivity contribution in [1.29, 1.82) is 0 Å². The lowest BCUT2D eigenvalue weighted by atomic mass is 10.1. The molecule has 32 heavy (non-hydrogen) atoms. The van der Waals surface area contributed by atoms with Crippen LogP contribution in [0.25, 0.3) is 16.3 Å². The van der Waals surface area contributed by atoms with Crippen LogP contribution in [-0.2, 0) is 9.53 Å². The maximum atomic E-state index is 13.3. The number of ether oxygens (including phenoxy) is 1. The van der Waals surface area contributed by atoms with E-state index in [4.69, 9.17) is 21.3 Å². The van der Waals surface area contributed by atoms with Crippen molar-refractivity contribution in [3.8, 4) is 0 Å². The molecule has 0 aliphatic carbocycles. The number of carbonyl (C=O) groups is 1. The zero-order chi connectivity index (χ0) is 22.5. The van der Waals surface area contributed by atoms with Crippen molar-refractivity contribution >= 4 is 50.3 Å². The Bertz CT molecular complexity index is 1080. The van der Waals surface area contributed by atoms with Gasteiger partial charge in [-0.25, -0.2) is 4.98 Å². The van der Waals surface area contributed by atoms with Crippen LogP contribution in [0, 0.1) is 13.8 Å². The fraction of sp³-hybridized carbons (Fsp3) is 0.360. The van der Waals surface area contributed by atoms with Crippen LogP contribution in [-0.4, -0.2) is 55.2 Å². The topological polar surface area (TPSA) is 45.7 Å². The zero-order valence-electron chi connectivity index (χ0n) is 18.5. The fourth-order valence-corrected chi connectivity index (χ4v) is 5.00. The number of hydrogen-bond acceptors (Lipinski definition) is 5. The highest BCUT2D eigenvalue weighted by Crippen LogP contribution is 2.31. The normalized spacial score (nSPS) is 15.0. The van der Waals surface area contributed by atoms with Gasteiger partial charge >= 0.3 is 0 Å². The van der Waals surface area contributed by atoms with E-state index in [0.29, 0.717) is 11.6 Å². The fourth-order valence-electron chi connectivity index (χ4n) is 3.72. The number of anilines is 1. The Hall–Kier alpha value is -2.25. The van der Waals surface area contributed by atoms with Crippen molar-refractivity contribution in [2.24, 2.45) is 0 Å². The number of aryl methyl sites for hydroxylation is 2. The number of halogens is 1. The minimum Gasteiger partial charge on any atom is -0.379 e. The summed E-state index contributed by atoms with van der Waals surface area (Å²) in [6, 6.07) is 11.8. The molecular weight excluding hydrogens is 442 g/mol. The quantitative estimate of drug-likeness (QED) is 0.438.